The topological polar surface area (TPSA) is 55.1 Å². The largest absolute Gasteiger partial charge is 0.354 e. The summed E-state index contributed by atoms with van der Waals surface area (Å²) in [4.78, 5) is 12.2. The van der Waals surface area contributed by atoms with Gasteiger partial charge in [-0.1, -0.05) is 56.0 Å². The van der Waals surface area contributed by atoms with Crippen molar-refractivity contribution in [3.05, 3.63) is 35.9 Å². The van der Waals surface area contributed by atoms with Crippen LogP contribution in [0.25, 0.3) is 0 Å². The minimum absolute atomic E-state index is 0. The van der Waals surface area contributed by atoms with Gasteiger partial charge >= 0.3 is 0 Å². The molecule has 1 amide bonds. The van der Waals surface area contributed by atoms with E-state index in [9.17, 15) is 4.79 Å². The molecule has 1 aromatic rings. The second-order valence-electron chi connectivity index (χ2n) is 6.12. The Kier molecular flexibility index (Phi) is 7.20. The number of carbonyl (C=O) groups is 1. The van der Waals surface area contributed by atoms with Crippen LogP contribution in [0.15, 0.2) is 30.3 Å². The summed E-state index contributed by atoms with van der Waals surface area (Å²) in [5.74, 6) is 0.792. The molecule has 0 aromatic heterocycles. The molecule has 1 atom stereocenters. The normalized spacial score (nSPS) is 17.8. The number of rotatable bonds is 6. The highest BCUT2D eigenvalue weighted by molar-refractivity contribution is 5.86. The highest BCUT2D eigenvalue weighted by Gasteiger charge is 2.29. The van der Waals surface area contributed by atoms with Gasteiger partial charge < -0.3 is 11.1 Å². The molecule has 1 aromatic carbocycles. The van der Waals surface area contributed by atoms with Gasteiger partial charge in [0.25, 0.3) is 0 Å². The number of carbonyl (C=O) groups excluding carboxylic acids is 1. The number of nitrogens with one attached hydrogen (secondary N) is 1. The smallest absolute Gasteiger partial charge is 0.244 e. The standard InChI is InChI=1S/C17H26N2O.ClH/c1-17(18,15-11-3-2-4-12-15)16(20)19-13-7-10-14-8-5-6-9-14;/h2-4,11-12,14H,5-10,13,18H2,1H3,(H,19,20);1H. The van der Waals surface area contributed by atoms with Crippen LogP contribution in [-0.4, -0.2) is 12.5 Å². The Labute approximate surface area is 134 Å². The van der Waals surface area contributed by atoms with Crippen molar-refractivity contribution in [3.8, 4) is 0 Å². The Bertz CT molecular complexity index is 428. The van der Waals surface area contributed by atoms with Gasteiger partial charge in [0.1, 0.15) is 5.54 Å². The molecule has 0 radical (unpaired) electrons. The molecule has 0 saturated heterocycles. The Morgan fingerprint density at radius 1 is 1.29 bits per heavy atom. The summed E-state index contributed by atoms with van der Waals surface area (Å²) in [5, 5.41) is 2.98. The molecule has 21 heavy (non-hydrogen) atoms. The SMILES string of the molecule is CC(N)(C(=O)NCCCC1CCCC1)c1ccccc1.Cl. The predicted molar refractivity (Wildman–Crippen MR) is 89.4 cm³/mol. The number of benzene rings is 1. The first-order chi connectivity index (χ1) is 9.60. The molecule has 4 heteroatoms. The van der Waals surface area contributed by atoms with Gasteiger partial charge in [-0.25, -0.2) is 0 Å². The van der Waals surface area contributed by atoms with Gasteiger partial charge in [-0.3, -0.25) is 4.79 Å². The van der Waals surface area contributed by atoms with E-state index in [4.69, 9.17) is 5.73 Å². The molecular formula is C17H27ClN2O. The maximum Gasteiger partial charge on any atom is 0.244 e. The van der Waals surface area contributed by atoms with Crippen molar-refractivity contribution in [2.75, 3.05) is 6.54 Å². The molecule has 1 fully saturated rings. The lowest BCUT2D eigenvalue weighted by Crippen LogP contribution is -2.49. The van der Waals surface area contributed by atoms with E-state index in [0.29, 0.717) is 0 Å². The molecule has 0 spiro atoms. The average Bonchev–Trinajstić information content (AvgIpc) is 2.97. The summed E-state index contributed by atoms with van der Waals surface area (Å²) in [6.45, 7) is 2.50. The van der Waals surface area contributed by atoms with Crippen molar-refractivity contribution in [1.82, 2.24) is 5.32 Å². The van der Waals surface area contributed by atoms with E-state index in [1.165, 1.54) is 32.1 Å². The molecule has 2 rings (SSSR count). The van der Waals surface area contributed by atoms with E-state index in [-0.39, 0.29) is 18.3 Å². The van der Waals surface area contributed by atoms with Gasteiger partial charge in [0.15, 0.2) is 0 Å². The lowest BCUT2D eigenvalue weighted by atomic mass is 9.92. The summed E-state index contributed by atoms with van der Waals surface area (Å²) in [7, 11) is 0. The quantitative estimate of drug-likeness (QED) is 0.792. The van der Waals surface area contributed by atoms with Gasteiger partial charge in [-0.05, 0) is 31.2 Å². The predicted octanol–water partition coefficient (Wildman–Crippen LogP) is 3.37. The van der Waals surface area contributed by atoms with Gasteiger partial charge in [0, 0.05) is 6.54 Å². The Balaban J connectivity index is 0.00000220. The zero-order valence-electron chi connectivity index (χ0n) is 12.8. The molecule has 3 nitrogen and oxygen atoms in total. The molecule has 1 aliphatic carbocycles. The van der Waals surface area contributed by atoms with Gasteiger partial charge in [-0.15, -0.1) is 12.4 Å². The molecule has 1 aliphatic rings. The first-order valence-electron chi connectivity index (χ1n) is 7.73. The fraction of sp³-hybridized carbons (Fsp3) is 0.588. The van der Waals surface area contributed by atoms with Crippen LogP contribution >= 0.6 is 12.4 Å². The van der Waals surface area contributed by atoms with Crippen LogP contribution in [0.4, 0.5) is 0 Å². The third kappa shape index (κ3) is 5.01. The Morgan fingerprint density at radius 2 is 1.90 bits per heavy atom. The molecule has 0 aliphatic heterocycles. The maximum atomic E-state index is 12.2. The summed E-state index contributed by atoms with van der Waals surface area (Å²) in [6, 6.07) is 9.55. The van der Waals surface area contributed by atoms with Crippen molar-refractivity contribution in [2.45, 2.75) is 51.0 Å². The number of halogens is 1. The molecular weight excluding hydrogens is 284 g/mol. The van der Waals surface area contributed by atoms with Gasteiger partial charge in [0.05, 0.1) is 0 Å². The van der Waals surface area contributed by atoms with Crippen LogP contribution in [0.5, 0.6) is 0 Å². The second kappa shape index (κ2) is 8.40. The number of amides is 1. The zero-order chi connectivity index (χ0) is 14.4. The van der Waals surface area contributed by atoms with Crippen molar-refractivity contribution in [2.24, 2.45) is 11.7 Å². The fourth-order valence-electron chi connectivity index (χ4n) is 2.99. The molecule has 0 heterocycles. The van der Waals surface area contributed by atoms with Gasteiger partial charge in [-0.2, -0.15) is 0 Å². The second-order valence-corrected chi connectivity index (χ2v) is 6.12. The number of nitrogens with two attached hydrogens (primary N) is 1. The molecule has 118 valence electrons. The van der Waals surface area contributed by atoms with Crippen molar-refractivity contribution in [3.63, 3.8) is 0 Å². The van der Waals surface area contributed by atoms with Crippen LogP contribution < -0.4 is 11.1 Å². The van der Waals surface area contributed by atoms with Crippen molar-refractivity contribution >= 4 is 18.3 Å². The molecule has 3 N–H and O–H groups in total. The fourth-order valence-corrected chi connectivity index (χ4v) is 2.99. The van der Waals surface area contributed by atoms with Gasteiger partial charge in [0.2, 0.25) is 5.91 Å². The van der Waals surface area contributed by atoms with E-state index >= 15 is 0 Å². The first kappa shape index (κ1) is 18.0. The lowest BCUT2D eigenvalue weighted by molar-refractivity contribution is -0.126. The highest BCUT2D eigenvalue weighted by Crippen LogP contribution is 2.28. The van der Waals surface area contributed by atoms with Crippen LogP contribution in [0.1, 0.15) is 51.0 Å². The van der Waals surface area contributed by atoms with E-state index in [0.717, 1.165) is 24.4 Å². The van der Waals surface area contributed by atoms with Crippen molar-refractivity contribution in [1.29, 1.82) is 0 Å². The minimum Gasteiger partial charge on any atom is -0.354 e. The minimum atomic E-state index is -0.950. The lowest BCUT2D eigenvalue weighted by Gasteiger charge is -2.24. The van der Waals surface area contributed by atoms with Crippen LogP contribution in [0.3, 0.4) is 0 Å². The number of hydrogen-bond acceptors (Lipinski definition) is 2. The van der Waals surface area contributed by atoms with E-state index in [1.54, 1.807) is 6.92 Å². The Morgan fingerprint density at radius 3 is 2.52 bits per heavy atom. The third-order valence-electron chi connectivity index (χ3n) is 4.39. The molecule has 1 unspecified atom stereocenters. The summed E-state index contributed by atoms with van der Waals surface area (Å²) in [5.41, 5.74) is 6.08. The first-order valence-corrected chi connectivity index (χ1v) is 7.73. The van der Waals surface area contributed by atoms with Crippen LogP contribution in [-0.2, 0) is 10.3 Å². The monoisotopic (exact) mass is 310 g/mol. The summed E-state index contributed by atoms with van der Waals surface area (Å²) < 4.78 is 0. The number of hydrogen-bond donors (Lipinski definition) is 2. The summed E-state index contributed by atoms with van der Waals surface area (Å²) >= 11 is 0. The Hall–Kier alpha value is -1.06. The maximum absolute atomic E-state index is 12.2. The van der Waals surface area contributed by atoms with E-state index in [1.807, 2.05) is 30.3 Å². The zero-order valence-corrected chi connectivity index (χ0v) is 13.6. The van der Waals surface area contributed by atoms with E-state index < -0.39 is 5.54 Å². The van der Waals surface area contributed by atoms with Crippen LogP contribution in [0, 0.1) is 5.92 Å². The molecule has 1 saturated carbocycles. The van der Waals surface area contributed by atoms with E-state index in [2.05, 4.69) is 5.32 Å². The average molecular weight is 311 g/mol. The third-order valence-corrected chi connectivity index (χ3v) is 4.39. The highest BCUT2D eigenvalue weighted by atomic mass is 35.5. The van der Waals surface area contributed by atoms with Crippen LogP contribution in [0.2, 0.25) is 0 Å². The molecule has 0 bridgehead atoms. The van der Waals surface area contributed by atoms with Crippen molar-refractivity contribution < 1.29 is 4.79 Å². The summed E-state index contributed by atoms with van der Waals surface area (Å²) in [6.07, 6.45) is 7.78.